The molecule has 38 heavy (non-hydrogen) atoms. The van der Waals surface area contributed by atoms with Crippen LogP contribution in [-0.4, -0.2) is 80.8 Å². The van der Waals surface area contributed by atoms with Crippen LogP contribution in [0, 0.1) is 5.92 Å². The summed E-state index contributed by atoms with van der Waals surface area (Å²) < 4.78 is 16.9. The van der Waals surface area contributed by atoms with Crippen LogP contribution in [0.15, 0.2) is 18.2 Å². The van der Waals surface area contributed by atoms with Gasteiger partial charge in [-0.25, -0.2) is 0 Å². The molecule has 208 valence electrons. The maximum Gasteiger partial charge on any atom is 0.264 e. The summed E-state index contributed by atoms with van der Waals surface area (Å²) in [6.45, 7) is 3.68. The highest BCUT2D eigenvalue weighted by molar-refractivity contribution is 6.25. The molecule has 2 N–H and O–H groups in total. The number of carbonyl (C=O) groups excluding carboxylic acids is 4. The van der Waals surface area contributed by atoms with Crippen molar-refractivity contribution >= 4 is 29.3 Å². The number of anilines is 1. The van der Waals surface area contributed by atoms with E-state index in [9.17, 15) is 19.2 Å². The predicted molar refractivity (Wildman–Crippen MR) is 140 cm³/mol. The highest BCUT2D eigenvalue weighted by Gasteiger charge is 2.45. The number of nitrogens with zero attached hydrogens (tertiary/aromatic N) is 1. The zero-order chi connectivity index (χ0) is 26.7. The first-order valence-electron chi connectivity index (χ1n) is 13.9. The van der Waals surface area contributed by atoms with Crippen LogP contribution in [0.4, 0.5) is 5.69 Å². The Morgan fingerprint density at radius 2 is 1.50 bits per heavy atom. The Morgan fingerprint density at radius 3 is 2.21 bits per heavy atom. The molecule has 0 spiro atoms. The second-order valence-electron chi connectivity index (χ2n) is 10.1. The molecular weight excluding hydrogens is 490 g/mol. The van der Waals surface area contributed by atoms with Crippen molar-refractivity contribution in [3.05, 3.63) is 29.3 Å². The van der Waals surface area contributed by atoms with E-state index in [0.29, 0.717) is 45.3 Å². The fourth-order valence-corrected chi connectivity index (χ4v) is 5.36. The number of imide groups is 2. The summed E-state index contributed by atoms with van der Waals surface area (Å²) in [4.78, 5) is 50.7. The van der Waals surface area contributed by atoms with Gasteiger partial charge in [-0.1, -0.05) is 44.6 Å². The monoisotopic (exact) mass is 529 g/mol. The largest absolute Gasteiger partial charge is 0.382 e. The first-order valence-corrected chi connectivity index (χ1v) is 13.9. The molecule has 4 amide bonds. The van der Waals surface area contributed by atoms with E-state index >= 15 is 0 Å². The van der Waals surface area contributed by atoms with Crippen LogP contribution in [0.25, 0.3) is 0 Å². The highest BCUT2D eigenvalue weighted by Crippen LogP contribution is 2.32. The molecule has 1 aliphatic carbocycles. The molecule has 4 rings (SSSR count). The third kappa shape index (κ3) is 7.39. The highest BCUT2D eigenvalue weighted by atomic mass is 16.5. The van der Waals surface area contributed by atoms with Gasteiger partial charge >= 0.3 is 0 Å². The number of fused-ring (bicyclic) bond motifs is 1. The van der Waals surface area contributed by atoms with Crippen molar-refractivity contribution in [2.45, 2.75) is 63.8 Å². The summed E-state index contributed by atoms with van der Waals surface area (Å²) in [5.41, 5.74) is 0.997. The van der Waals surface area contributed by atoms with Gasteiger partial charge in [0, 0.05) is 25.3 Å². The van der Waals surface area contributed by atoms with Crippen LogP contribution in [0.1, 0.15) is 78.5 Å². The number of nitrogens with one attached hydrogen (secondary N) is 2. The Labute approximate surface area is 223 Å². The lowest BCUT2D eigenvalue weighted by Gasteiger charge is -2.27. The number of ether oxygens (including phenoxy) is 3. The minimum atomic E-state index is -0.983. The summed E-state index contributed by atoms with van der Waals surface area (Å²) >= 11 is 0. The Balaban J connectivity index is 1.09. The average molecular weight is 530 g/mol. The van der Waals surface area contributed by atoms with Gasteiger partial charge in [0.05, 0.1) is 44.2 Å². The molecule has 2 aliphatic heterocycles. The van der Waals surface area contributed by atoms with Crippen molar-refractivity contribution in [2.75, 3.05) is 51.5 Å². The van der Waals surface area contributed by atoms with Crippen LogP contribution in [0.5, 0.6) is 0 Å². The molecule has 0 bridgehead atoms. The lowest BCUT2D eigenvalue weighted by molar-refractivity contribution is -0.136. The molecular formula is C28H39N3O7. The molecule has 2 heterocycles. The molecule has 0 radical (unpaired) electrons. The zero-order valence-electron chi connectivity index (χ0n) is 22.0. The fourth-order valence-electron chi connectivity index (χ4n) is 5.36. The quantitative estimate of drug-likeness (QED) is 0.214. The summed E-state index contributed by atoms with van der Waals surface area (Å²) in [7, 11) is 0. The molecule has 3 aliphatic rings. The van der Waals surface area contributed by atoms with Gasteiger partial charge in [-0.3, -0.25) is 29.4 Å². The Morgan fingerprint density at radius 1 is 0.816 bits per heavy atom. The molecule has 0 aromatic heterocycles. The minimum absolute atomic E-state index is 0.0867. The van der Waals surface area contributed by atoms with Crippen LogP contribution in [0.3, 0.4) is 0 Å². The van der Waals surface area contributed by atoms with Crippen LogP contribution in [-0.2, 0) is 23.8 Å². The van der Waals surface area contributed by atoms with Gasteiger partial charge in [0.1, 0.15) is 6.04 Å². The second-order valence-corrected chi connectivity index (χ2v) is 10.1. The molecule has 10 nitrogen and oxygen atoms in total. The van der Waals surface area contributed by atoms with Crippen molar-refractivity contribution < 1.29 is 33.4 Å². The third-order valence-corrected chi connectivity index (χ3v) is 7.42. The third-order valence-electron chi connectivity index (χ3n) is 7.42. The van der Waals surface area contributed by atoms with E-state index in [1.54, 1.807) is 18.2 Å². The lowest BCUT2D eigenvalue weighted by atomic mass is 9.97. The fraction of sp³-hybridized carbons (Fsp3) is 0.643. The number of benzene rings is 1. The molecule has 1 atom stereocenters. The van der Waals surface area contributed by atoms with Crippen molar-refractivity contribution in [1.29, 1.82) is 0 Å². The molecule has 2 fully saturated rings. The number of hydrogen-bond donors (Lipinski definition) is 2. The van der Waals surface area contributed by atoms with Crippen molar-refractivity contribution in [1.82, 2.24) is 10.2 Å². The van der Waals surface area contributed by atoms with Crippen LogP contribution < -0.4 is 10.6 Å². The molecule has 10 heteroatoms. The van der Waals surface area contributed by atoms with E-state index in [4.69, 9.17) is 14.2 Å². The molecule has 1 aromatic carbocycles. The first kappa shape index (κ1) is 28.2. The second kappa shape index (κ2) is 14.4. The summed E-state index contributed by atoms with van der Waals surface area (Å²) in [6, 6.07) is 3.99. The number of piperidine rings is 1. The molecule has 1 unspecified atom stereocenters. The van der Waals surface area contributed by atoms with Gasteiger partial charge in [-0.15, -0.1) is 0 Å². The Kier molecular flexibility index (Phi) is 10.7. The van der Waals surface area contributed by atoms with E-state index in [1.807, 2.05) is 0 Å². The van der Waals surface area contributed by atoms with Gasteiger partial charge in [0.15, 0.2) is 0 Å². The normalized spacial score (nSPS) is 20.4. The Bertz CT molecular complexity index is 991. The van der Waals surface area contributed by atoms with E-state index in [1.165, 1.54) is 38.5 Å². The van der Waals surface area contributed by atoms with Crippen molar-refractivity contribution in [3.8, 4) is 0 Å². The molecule has 1 saturated carbocycles. The topological polar surface area (TPSA) is 123 Å². The standard InChI is InChI=1S/C28H39N3O7/c32-24-11-10-23(26(33)30-24)31-27(34)21-8-5-9-22(25(21)28(31)35)29-13-15-37-17-19-38-18-16-36-14-12-20-6-3-1-2-4-7-20/h5,8-9,20,23,29H,1-4,6-7,10-19H2,(H,30,32,33). The van der Waals surface area contributed by atoms with Crippen molar-refractivity contribution in [3.63, 3.8) is 0 Å². The molecule has 1 aromatic rings. The van der Waals surface area contributed by atoms with Crippen LogP contribution in [0.2, 0.25) is 0 Å². The predicted octanol–water partition coefficient (Wildman–Crippen LogP) is 2.91. The lowest BCUT2D eigenvalue weighted by Crippen LogP contribution is -2.54. The van der Waals surface area contributed by atoms with Crippen LogP contribution >= 0.6 is 0 Å². The SMILES string of the molecule is O=C1CCC(N2C(=O)c3cccc(NCCOCCOCCOCCC4CCCCCC4)c3C2=O)C(=O)N1. The first-order chi connectivity index (χ1) is 18.6. The number of rotatable bonds is 14. The maximum absolute atomic E-state index is 13.1. The van der Waals surface area contributed by atoms with Gasteiger partial charge in [-0.2, -0.15) is 0 Å². The number of carbonyl (C=O) groups is 4. The van der Waals surface area contributed by atoms with E-state index in [2.05, 4.69) is 10.6 Å². The summed E-state index contributed by atoms with van der Waals surface area (Å²) in [6.07, 6.45) is 9.52. The Hall–Kier alpha value is -2.82. The van der Waals surface area contributed by atoms with E-state index in [0.717, 1.165) is 23.8 Å². The summed E-state index contributed by atoms with van der Waals surface area (Å²) in [5.74, 6) is -1.26. The summed E-state index contributed by atoms with van der Waals surface area (Å²) in [5, 5.41) is 5.36. The van der Waals surface area contributed by atoms with Gasteiger partial charge in [0.2, 0.25) is 11.8 Å². The smallest absolute Gasteiger partial charge is 0.264 e. The molecule has 1 saturated heterocycles. The van der Waals surface area contributed by atoms with Gasteiger partial charge in [0.25, 0.3) is 11.8 Å². The number of amides is 4. The zero-order valence-corrected chi connectivity index (χ0v) is 22.0. The van der Waals surface area contributed by atoms with Gasteiger partial charge < -0.3 is 19.5 Å². The average Bonchev–Trinajstić information content (AvgIpc) is 3.06. The van der Waals surface area contributed by atoms with Crippen molar-refractivity contribution in [2.24, 2.45) is 5.92 Å². The van der Waals surface area contributed by atoms with Gasteiger partial charge in [-0.05, 0) is 30.9 Å². The van der Waals surface area contributed by atoms with E-state index in [-0.39, 0.29) is 24.0 Å². The maximum atomic E-state index is 13.1. The van der Waals surface area contributed by atoms with E-state index < -0.39 is 29.7 Å². The minimum Gasteiger partial charge on any atom is -0.382 e. The number of hydrogen-bond acceptors (Lipinski definition) is 8.